The molecule has 1 spiro atoms. The second-order valence-electron chi connectivity index (χ2n) is 7.63. The van der Waals surface area contributed by atoms with Crippen LogP contribution in [0.4, 0.5) is 23.5 Å². The Labute approximate surface area is 182 Å². The number of aliphatic carboxylic acids is 1. The molecular weight excluding hydrogens is 432 g/mol. The van der Waals surface area contributed by atoms with Gasteiger partial charge < -0.3 is 20.1 Å². The number of likely N-dealkylation sites (tertiary alicyclic amines) is 1. The molecule has 0 bridgehead atoms. The topological polar surface area (TPSA) is 87.6 Å². The lowest BCUT2D eigenvalue weighted by Gasteiger charge is -2.47. The zero-order valence-corrected chi connectivity index (χ0v) is 17.2. The minimum atomic E-state index is -5.08. The van der Waals surface area contributed by atoms with E-state index in [1.54, 1.807) is 12.4 Å². The molecule has 0 radical (unpaired) electrons. The molecule has 1 fully saturated rings. The number of carbonyl (C=O) groups is 1. The van der Waals surface area contributed by atoms with Gasteiger partial charge in [-0.1, -0.05) is 18.2 Å². The maximum atomic E-state index is 12.6. The number of nitrogens with zero attached hydrogens (tertiary/aromatic N) is 3. The third kappa shape index (κ3) is 6.06. The van der Waals surface area contributed by atoms with Crippen molar-refractivity contribution < 1.29 is 32.2 Å². The number of rotatable bonds is 4. The first-order valence-corrected chi connectivity index (χ1v) is 10.1. The first kappa shape index (κ1) is 23.7. The van der Waals surface area contributed by atoms with Crippen molar-refractivity contribution in [3.63, 3.8) is 0 Å². The van der Waals surface area contributed by atoms with Crippen molar-refractivity contribution in [1.29, 1.82) is 0 Å². The number of ether oxygens (including phenoxy) is 1. The first-order chi connectivity index (χ1) is 15.2. The molecular formula is C21H24F4N4O3. The molecule has 7 nitrogen and oxygen atoms in total. The third-order valence-corrected chi connectivity index (χ3v) is 5.48. The molecule has 4 rings (SSSR count). The van der Waals surface area contributed by atoms with Crippen LogP contribution < -0.4 is 10.1 Å². The van der Waals surface area contributed by atoms with Crippen LogP contribution in [0.1, 0.15) is 30.9 Å². The van der Waals surface area contributed by atoms with Gasteiger partial charge in [-0.3, -0.25) is 0 Å². The fourth-order valence-corrected chi connectivity index (χ4v) is 3.89. The number of aromatic nitrogens is 2. The maximum absolute atomic E-state index is 12.6. The predicted molar refractivity (Wildman–Crippen MR) is 108 cm³/mol. The number of carboxylic acid groups (broad SMARTS) is 1. The Balaban J connectivity index is 0.000000360. The van der Waals surface area contributed by atoms with Crippen molar-refractivity contribution >= 4 is 11.9 Å². The summed E-state index contributed by atoms with van der Waals surface area (Å²) in [5.41, 5.74) is 0.944. The van der Waals surface area contributed by atoms with E-state index in [0.717, 1.165) is 43.7 Å². The summed E-state index contributed by atoms with van der Waals surface area (Å²) < 4.78 is 50.8. The Hall–Kier alpha value is -2.95. The molecule has 1 atom stereocenters. The van der Waals surface area contributed by atoms with Crippen LogP contribution in [-0.2, 0) is 4.79 Å². The monoisotopic (exact) mass is 456 g/mol. The average molecular weight is 456 g/mol. The molecule has 1 unspecified atom stereocenters. The molecule has 0 amide bonds. The number of piperidine rings is 1. The highest BCUT2D eigenvalue weighted by Crippen LogP contribution is 2.45. The number of alkyl halides is 4. The van der Waals surface area contributed by atoms with Crippen molar-refractivity contribution in [3.05, 3.63) is 48.3 Å². The lowest BCUT2D eigenvalue weighted by Crippen LogP contribution is -2.51. The van der Waals surface area contributed by atoms with Crippen LogP contribution in [0.3, 0.4) is 0 Å². The molecule has 174 valence electrons. The van der Waals surface area contributed by atoms with Crippen LogP contribution in [0.5, 0.6) is 5.75 Å². The Morgan fingerprint density at radius 2 is 1.81 bits per heavy atom. The summed E-state index contributed by atoms with van der Waals surface area (Å²) in [6.07, 6.45) is 1.09. The van der Waals surface area contributed by atoms with Gasteiger partial charge in [-0.05, 0) is 25.0 Å². The van der Waals surface area contributed by atoms with E-state index in [9.17, 15) is 17.6 Å². The van der Waals surface area contributed by atoms with Crippen molar-refractivity contribution in [1.82, 2.24) is 14.9 Å². The van der Waals surface area contributed by atoms with Crippen LogP contribution in [0.2, 0.25) is 0 Å². The Morgan fingerprint density at radius 3 is 2.41 bits per heavy atom. The van der Waals surface area contributed by atoms with E-state index in [0.29, 0.717) is 12.5 Å². The average Bonchev–Trinajstić information content (AvgIpc) is 2.76. The SMILES string of the molecule is FCCN1CCC2(CC1)CC(Nc1ncccn1)c1ccccc1O2.O=C(O)C(F)(F)F. The van der Waals surface area contributed by atoms with Crippen LogP contribution in [0.25, 0.3) is 0 Å². The van der Waals surface area contributed by atoms with E-state index in [2.05, 4.69) is 26.3 Å². The Bertz CT molecular complexity index is 890. The minimum absolute atomic E-state index is 0.111. The summed E-state index contributed by atoms with van der Waals surface area (Å²) in [5.74, 6) is -1.19. The number of benzene rings is 1. The third-order valence-electron chi connectivity index (χ3n) is 5.48. The highest BCUT2D eigenvalue weighted by molar-refractivity contribution is 5.73. The van der Waals surface area contributed by atoms with E-state index >= 15 is 0 Å². The fourth-order valence-electron chi connectivity index (χ4n) is 3.89. The number of hydrogen-bond donors (Lipinski definition) is 2. The van der Waals surface area contributed by atoms with E-state index in [-0.39, 0.29) is 18.3 Å². The molecule has 3 heterocycles. The molecule has 2 aromatic rings. The number of carboxylic acids is 1. The Kier molecular flexibility index (Phi) is 7.49. The van der Waals surface area contributed by atoms with Crippen molar-refractivity contribution in [2.24, 2.45) is 0 Å². The van der Waals surface area contributed by atoms with Gasteiger partial charge in [0.25, 0.3) is 0 Å². The number of halogens is 4. The fraction of sp³-hybridized carbons (Fsp3) is 0.476. The Morgan fingerprint density at radius 1 is 1.19 bits per heavy atom. The molecule has 32 heavy (non-hydrogen) atoms. The van der Waals surface area contributed by atoms with E-state index in [1.807, 2.05) is 24.3 Å². The normalized spacial score (nSPS) is 19.8. The van der Waals surface area contributed by atoms with Gasteiger partial charge in [0.1, 0.15) is 18.0 Å². The zero-order chi connectivity index (χ0) is 23.2. The smallest absolute Gasteiger partial charge is 0.487 e. The first-order valence-electron chi connectivity index (χ1n) is 10.1. The molecule has 1 aromatic carbocycles. The van der Waals surface area contributed by atoms with Gasteiger partial charge in [0.2, 0.25) is 5.95 Å². The van der Waals surface area contributed by atoms with Gasteiger partial charge in [0.15, 0.2) is 0 Å². The zero-order valence-electron chi connectivity index (χ0n) is 17.2. The standard InChI is InChI=1S/C19H23FN4O.C2HF3O2/c20-8-13-24-11-6-19(7-12-24)14-16(23-18-21-9-3-10-22-18)15-4-1-2-5-17(15)25-19;3-2(4,5)1(6)7/h1-5,9-10,16H,6-8,11-14H2,(H,21,22,23);(H,6,7). The summed E-state index contributed by atoms with van der Waals surface area (Å²) in [5, 5.41) is 10.6. The molecule has 2 aliphatic rings. The molecule has 2 N–H and O–H groups in total. The van der Waals surface area contributed by atoms with E-state index < -0.39 is 12.1 Å². The number of anilines is 1. The number of nitrogens with one attached hydrogen (secondary N) is 1. The highest BCUT2D eigenvalue weighted by atomic mass is 19.4. The van der Waals surface area contributed by atoms with Gasteiger partial charge in [-0.25, -0.2) is 19.2 Å². The minimum Gasteiger partial charge on any atom is -0.487 e. The maximum Gasteiger partial charge on any atom is 0.490 e. The highest BCUT2D eigenvalue weighted by Gasteiger charge is 2.43. The summed E-state index contributed by atoms with van der Waals surface area (Å²) in [6, 6.07) is 10.1. The van der Waals surface area contributed by atoms with Crippen LogP contribution >= 0.6 is 0 Å². The van der Waals surface area contributed by atoms with Crippen LogP contribution in [0.15, 0.2) is 42.7 Å². The van der Waals surface area contributed by atoms with Crippen LogP contribution in [0, 0.1) is 0 Å². The molecule has 11 heteroatoms. The van der Waals surface area contributed by atoms with Gasteiger partial charge in [0, 0.05) is 44.0 Å². The molecule has 1 saturated heterocycles. The lowest BCUT2D eigenvalue weighted by atomic mass is 9.80. The molecule has 1 aromatic heterocycles. The van der Waals surface area contributed by atoms with Gasteiger partial charge in [-0.2, -0.15) is 13.2 Å². The molecule has 0 aliphatic carbocycles. The second-order valence-corrected chi connectivity index (χ2v) is 7.63. The largest absolute Gasteiger partial charge is 0.490 e. The van der Waals surface area contributed by atoms with Crippen molar-refractivity contribution in [3.8, 4) is 5.75 Å². The molecule has 0 saturated carbocycles. The van der Waals surface area contributed by atoms with E-state index in [1.165, 1.54) is 0 Å². The van der Waals surface area contributed by atoms with Gasteiger partial charge in [-0.15, -0.1) is 0 Å². The summed E-state index contributed by atoms with van der Waals surface area (Å²) in [4.78, 5) is 19.7. The predicted octanol–water partition coefficient (Wildman–Crippen LogP) is 3.85. The van der Waals surface area contributed by atoms with Crippen LogP contribution in [-0.4, -0.2) is 64.0 Å². The summed E-state index contributed by atoms with van der Waals surface area (Å²) >= 11 is 0. The summed E-state index contributed by atoms with van der Waals surface area (Å²) in [7, 11) is 0. The number of hydrogen-bond acceptors (Lipinski definition) is 6. The van der Waals surface area contributed by atoms with Gasteiger partial charge in [0.05, 0.1) is 6.04 Å². The number of para-hydroxylation sites is 1. The lowest BCUT2D eigenvalue weighted by molar-refractivity contribution is -0.192. The van der Waals surface area contributed by atoms with Crippen molar-refractivity contribution in [2.75, 3.05) is 31.6 Å². The quantitative estimate of drug-likeness (QED) is 0.676. The second kappa shape index (κ2) is 10.1. The van der Waals surface area contributed by atoms with Gasteiger partial charge >= 0.3 is 12.1 Å². The van der Waals surface area contributed by atoms with E-state index in [4.69, 9.17) is 14.6 Å². The number of fused-ring (bicyclic) bond motifs is 1. The molecule has 2 aliphatic heterocycles. The summed E-state index contributed by atoms with van der Waals surface area (Å²) in [6.45, 7) is 1.99. The van der Waals surface area contributed by atoms with Crippen molar-refractivity contribution in [2.45, 2.75) is 37.1 Å².